The van der Waals surface area contributed by atoms with Gasteiger partial charge in [0.2, 0.25) is 0 Å². The van der Waals surface area contributed by atoms with Crippen molar-refractivity contribution in [3.05, 3.63) is 12.7 Å². The van der Waals surface area contributed by atoms with Gasteiger partial charge < -0.3 is 26.4 Å². The number of fused-ring (bicyclic) bond motifs is 1. The SMILES string of the molecule is C[C@@]1(CCCN)OC(n2cnc3c(N)ncnc32)C(O)C1O. The van der Waals surface area contributed by atoms with Crippen LogP contribution < -0.4 is 11.5 Å². The molecule has 0 amide bonds. The van der Waals surface area contributed by atoms with Gasteiger partial charge in [-0.3, -0.25) is 4.57 Å². The minimum Gasteiger partial charge on any atom is -0.387 e. The monoisotopic (exact) mass is 308 g/mol. The van der Waals surface area contributed by atoms with Gasteiger partial charge in [0.1, 0.15) is 24.1 Å². The molecule has 2 aromatic heterocycles. The zero-order valence-electron chi connectivity index (χ0n) is 12.3. The fourth-order valence-electron chi connectivity index (χ4n) is 2.87. The molecule has 2 aromatic rings. The van der Waals surface area contributed by atoms with Crippen LogP contribution in [0.15, 0.2) is 12.7 Å². The van der Waals surface area contributed by atoms with Gasteiger partial charge in [-0.25, -0.2) is 15.0 Å². The number of ether oxygens (including phenoxy) is 1. The summed E-state index contributed by atoms with van der Waals surface area (Å²) in [5, 5.41) is 20.7. The Bertz CT molecular complexity index is 677. The molecule has 0 spiro atoms. The molecule has 120 valence electrons. The maximum Gasteiger partial charge on any atom is 0.167 e. The average Bonchev–Trinajstić information content (AvgIpc) is 3.02. The molecule has 0 bridgehead atoms. The van der Waals surface area contributed by atoms with Crippen molar-refractivity contribution in [1.82, 2.24) is 19.5 Å². The van der Waals surface area contributed by atoms with Crippen LogP contribution in [0.2, 0.25) is 0 Å². The van der Waals surface area contributed by atoms with Crippen molar-refractivity contribution in [2.45, 2.75) is 43.8 Å². The highest BCUT2D eigenvalue weighted by atomic mass is 16.6. The summed E-state index contributed by atoms with van der Waals surface area (Å²) in [6.07, 6.45) is 1.11. The first-order valence-electron chi connectivity index (χ1n) is 7.15. The number of rotatable bonds is 4. The number of hydrogen-bond donors (Lipinski definition) is 4. The van der Waals surface area contributed by atoms with Gasteiger partial charge in [-0.15, -0.1) is 0 Å². The van der Waals surface area contributed by atoms with E-state index in [2.05, 4.69) is 15.0 Å². The average molecular weight is 308 g/mol. The number of nitrogen functional groups attached to an aromatic ring is 1. The highest BCUT2D eigenvalue weighted by Crippen LogP contribution is 2.40. The van der Waals surface area contributed by atoms with Gasteiger partial charge in [0, 0.05) is 0 Å². The fraction of sp³-hybridized carbons (Fsp3) is 0.615. The fourth-order valence-corrected chi connectivity index (χ4v) is 2.87. The Balaban J connectivity index is 1.96. The third-order valence-electron chi connectivity index (χ3n) is 4.17. The minimum atomic E-state index is -1.10. The van der Waals surface area contributed by atoms with Crippen molar-refractivity contribution >= 4 is 17.0 Å². The lowest BCUT2D eigenvalue weighted by atomic mass is 9.92. The number of aromatic nitrogens is 4. The lowest BCUT2D eigenvalue weighted by Gasteiger charge is -2.27. The summed E-state index contributed by atoms with van der Waals surface area (Å²) in [5.74, 6) is 0.252. The van der Waals surface area contributed by atoms with Gasteiger partial charge in [0.25, 0.3) is 0 Å². The second-order valence-corrected chi connectivity index (χ2v) is 5.73. The lowest BCUT2D eigenvalue weighted by molar-refractivity contribution is -0.0961. The number of aliphatic hydroxyl groups excluding tert-OH is 2. The second-order valence-electron chi connectivity index (χ2n) is 5.73. The third-order valence-corrected chi connectivity index (χ3v) is 4.17. The molecule has 1 fully saturated rings. The van der Waals surface area contributed by atoms with Crippen LogP contribution in [-0.2, 0) is 4.74 Å². The van der Waals surface area contributed by atoms with E-state index in [-0.39, 0.29) is 5.82 Å². The molecular weight excluding hydrogens is 288 g/mol. The van der Waals surface area contributed by atoms with Gasteiger partial charge in [-0.1, -0.05) is 0 Å². The quantitative estimate of drug-likeness (QED) is 0.572. The van der Waals surface area contributed by atoms with Crippen molar-refractivity contribution < 1.29 is 14.9 Å². The predicted octanol–water partition coefficient (Wildman–Crippen LogP) is -0.843. The van der Waals surface area contributed by atoms with Gasteiger partial charge in [-0.05, 0) is 26.3 Å². The van der Waals surface area contributed by atoms with Gasteiger partial charge >= 0.3 is 0 Å². The second kappa shape index (κ2) is 5.43. The number of nitrogens with two attached hydrogens (primary N) is 2. The molecule has 6 N–H and O–H groups in total. The smallest absolute Gasteiger partial charge is 0.167 e. The number of imidazole rings is 1. The summed E-state index contributed by atoms with van der Waals surface area (Å²) in [5.41, 5.74) is 11.3. The topological polar surface area (TPSA) is 145 Å². The lowest BCUT2D eigenvalue weighted by Crippen LogP contribution is -2.40. The molecule has 1 aliphatic rings. The Morgan fingerprint density at radius 1 is 1.36 bits per heavy atom. The zero-order valence-corrected chi connectivity index (χ0v) is 12.3. The molecule has 22 heavy (non-hydrogen) atoms. The van der Waals surface area contributed by atoms with E-state index in [0.29, 0.717) is 30.6 Å². The van der Waals surface area contributed by atoms with E-state index in [9.17, 15) is 10.2 Å². The Labute approximate surface area is 126 Å². The number of nitrogens with zero attached hydrogens (tertiary/aromatic N) is 4. The molecule has 0 radical (unpaired) electrons. The first-order valence-corrected chi connectivity index (χ1v) is 7.15. The normalized spacial score (nSPS) is 31.9. The van der Waals surface area contributed by atoms with Crippen LogP contribution in [0.3, 0.4) is 0 Å². The van der Waals surface area contributed by atoms with Crippen LogP contribution >= 0.6 is 0 Å². The molecule has 9 nitrogen and oxygen atoms in total. The summed E-state index contributed by atoms with van der Waals surface area (Å²) >= 11 is 0. The third kappa shape index (κ3) is 2.22. The molecule has 0 aliphatic carbocycles. The Morgan fingerprint density at radius 2 is 2.14 bits per heavy atom. The van der Waals surface area contributed by atoms with Gasteiger partial charge in [-0.2, -0.15) is 0 Å². The highest BCUT2D eigenvalue weighted by molar-refractivity contribution is 5.81. The van der Waals surface area contributed by atoms with Crippen molar-refractivity contribution in [1.29, 1.82) is 0 Å². The van der Waals surface area contributed by atoms with E-state index in [1.54, 1.807) is 11.5 Å². The van der Waals surface area contributed by atoms with E-state index >= 15 is 0 Å². The summed E-state index contributed by atoms with van der Waals surface area (Å²) < 4.78 is 7.50. The summed E-state index contributed by atoms with van der Waals surface area (Å²) in [6.45, 7) is 2.25. The van der Waals surface area contributed by atoms with Crippen molar-refractivity contribution in [3.8, 4) is 0 Å². The molecular formula is C13H20N6O3. The molecule has 1 aliphatic heterocycles. The standard InChI is InChI=1S/C13H20N6O3/c1-13(3-2-4-14)9(21)8(20)12(22-13)19-6-18-7-10(15)16-5-17-11(7)19/h5-6,8-9,12,20-21H,2-4,14H2,1H3,(H2,15,16,17)/t8?,9?,12?,13-/m0/s1. The van der Waals surface area contributed by atoms with Gasteiger partial charge in [0.05, 0.1) is 11.9 Å². The molecule has 3 heterocycles. The molecule has 0 saturated carbocycles. The van der Waals surface area contributed by atoms with Crippen molar-refractivity contribution in [2.75, 3.05) is 12.3 Å². The van der Waals surface area contributed by atoms with E-state index in [1.165, 1.54) is 12.7 Å². The first kappa shape index (κ1) is 15.1. The molecule has 0 aromatic carbocycles. The Hall–Kier alpha value is -1.81. The van der Waals surface area contributed by atoms with Crippen LogP contribution in [0.4, 0.5) is 5.82 Å². The molecule has 4 atom stereocenters. The van der Waals surface area contributed by atoms with Crippen LogP contribution in [0.25, 0.3) is 11.2 Å². The van der Waals surface area contributed by atoms with Crippen LogP contribution in [0, 0.1) is 0 Å². The van der Waals surface area contributed by atoms with E-state index in [1.807, 2.05) is 0 Å². The summed E-state index contributed by atoms with van der Waals surface area (Å²) in [7, 11) is 0. The summed E-state index contributed by atoms with van der Waals surface area (Å²) in [6, 6.07) is 0. The zero-order chi connectivity index (χ0) is 15.9. The molecule has 9 heteroatoms. The maximum absolute atomic E-state index is 10.4. The Morgan fingerprint density at radius 3 is 2.86 bits per heavy atom. The molecule has 3 unspecified atom stereocenters. The minimum absolute atomic E-state index is 0.252. The predicted molar refractivity (Wildman–Crippen MR) is 78.6 cm³/mol. The van der Waals surface area contributed by atoms with Crippen LogP contribution in [0.1, 0.15) is 26.0 Å². The van der Waals surface area contributed by atoms with Crippen LogP contribution in [-0.4, -0.2) is 54.1 Å². The maximum atomic E-state index is 10.4. The number of hydrogen-bond acceptors (Lipinski definition) is 8. The first-order chi connectivity index (χ1) is 10.5. The summed E-state index contributed by atoms with van der Waals surface area (Å²) in [4.78, 5) is 12.2. The number of anilines is 1. The van der Waals surface area contributed by atoms with E-state index < -0.39 is 24.0 Å². The van der Waals surface area contributed by atoms with Crippen LogP contribution in [0.5, 0.6) is 0 Å². The van der Waals surface area contributed by atoms with E-state index in [4.69, 9.17) is 16.2 Å². The van der Waals surface area contributed by atoms with Gasteiger partial charge in [0.15, 0.2) is 17.7 Å². The van der Waals surface area contributed by atoms with E-state index in [0.717, 1.165) is 0 Å². The van der Waals surface area contributed by atoms with Crippen molar-refractivity contribution in [2.24, 2.45) is 5.73 Å². The Kier molecular flexibility index (Phi) is 3.73. The number of aliphatic hydroxyl groups is 2. The van der Waals surface area contributed by atoms with Crippen molar-refractivity contribution in [3.63, 3.8) is 0 Å². The molecule has 1 saturated heterocycles. The largest absolute Gasteiger partial charge is 0.387 e. The molecule has 3 rings (SSSR count). The highest BCUT2D eigenvalue weighted by Gasteiger charge is 2.51.